The fourth-order valence-electron chi connectivity index (χ4n) is 3.29. The van der Waals surface area contributed by atoms with E-state index >= 15 is 0 Å². The van der Waals surface area contributed by atoms with Gasteiger partial charge in [-0.3, -0.25) is 4.79 Å². The van der Waals surface area contributed by atoms with Crippen LogP contribution in [0.1, 0.15) is 52.2 Å². The maximum absolute atomic E-state index is 12.3. The second-order valence-corrected chi connectivity index (χ2v) is 6.86. The first-order chi connectivity index (χ1) is 9.28. The number of aliphatic hydroxyl groups excluding tert-OH is 1. The SMILES string of the molecule is O=C(NC1CCCC1CO)c1cc2c(s1)CCCC2. The van der Waals surface area contributed by atoms with E-state index in [-0.39, 0.29) is 24.5 Å². The molecule has 2 unspecified atom stereocenters. The Morgan fingerprint density at radius 3 is 2.95 bits per heavy atom. The molecule has 2 N–H and O–H groups in total. The monoisotopic (exact) mass is 279 g/mol. The van der Waals surface area contributed by atoms with Gasteiger partial charge in [0.2, 0.25) is 0 Å². The topological polar surface area (TPSA) is 49.3 Å². The van der Waals surface area contributed by atoms with E-state index in [9.17, 15) is 9.90 Å². The van der Waals surface area contributed by atoms with Crippen LogP contribution in [0.2, 0.25) is 0 Å². The Morgan fingerprint density at radius 2 is 2.16 bits per heavy atom. The van der Waals surface area contributed by atoms with Crippen LogP contribution in [0.5, 0.6) is 0 Å². The fourth-order valence-corrected chi connectivity index (χ4v) is 4.44. The van der Waals surface area contributed by atoms with Gasteiger partial charge in [-0.05, 0) is 50.2 Å². The predicted molar refractivity (Wildman–Crippen MR) is 76.6 cm³/mol. The summed E-state index contributed by atoms with van der Waals surface area (Å²) in [5, 5.41) is 12.4. The molecule has 2 aliphatic carbocycles. The third kappa shape index (κ3) is 2.70. The van der Waals surface area contributed by atoms with Gasteiger partial charge >= 0.3 is 0 Å². The van der Waals surface area contributed by atoms with Gasteiger partial charge in [0.25, 0.3) is 5.91 Å². The lowest BCUT2D eigenvalue weighted by Crippen LogP contribution is -2.38. The molecule has 0 aliphatic heterocycles. The molecule has 19 heavy (non-hydrogen) atoms. The second-order valence-electron chi connectivity index (χ2n) is 5.72. The highest BCUT2D eigenvalue weighted by molar-refractivity contribution is 7.14. The first-order valence-electron chi connectivity index (χ1n) is 7.31. The van der Waals surface area contributed by atoms with Gasteiger partial charge in [0.1, 0.15) is 0 Å². The zero-order chi connectivity index (χ0) is 13.2. The summed E-state index contributed by atoms with van der Waals surface area (Å²) >= 11 is 1.66. The van der Waals surface area contributed by atoms with Crippen molar-refractivity contribution in [2.45, 2.75) is 51.0 Å². The number of carbonyl (C=O) groups excluding carboxylic acids is 1. The van der Waals surface area contributed by atoms with Crippen LogP contribution in [0.3, 0.4) is 0 Å². The lowest BCUT2D eigenvalue weighted by atomic mass is 9.99. The molecule has 4 heteroatoms. The highest BCUT2D eigenvalue weighted by atomic mass is 32.1. The standard InChI is InChI=1S/C15H21NO2S/c17-9-11-5-3-6-12(11)16-15(18)14-8-10-4-1-2-7-13(10)19-14/h8,11-12,17H,1-7,9H2,(H,16,18). The summed E-state index contributed by atoms with van der Waals surface area (Å²) in [5.41, 5.74) is 1.38. The van der Waals surface area contributed by atoms with Crippen LogP contribution in [0, 0.1) is 5.92 Å². The third-order valence-corrected chi connectivity index (χ3v) is 5.67. The number of amides is 1. The number of hydrogen-bond donors (Lipinski definition) is 2. The average Bonchev–Trinajstić information content (AvgIpc) is 3.03. The molecule has 0 saturated heterocycles. The summed E-state index contributed by atoms with van der Waals surface area (Å²) < 4.78 is 0. The Labute approximate surface area is 118 Å². The van der Waals surface area contributed by atoms with Gasteiger partial charge < -0.3 is 10.4 Å². The van der Waals surface area contributed by atoms with Crippen LogP contribution in [0.15, 0.2) is 6.07 Å². The molecular formula is C15H21NO2S. The van der Waals surface area contributed by atoms with E-state index in [4.69, 9.17) is 0 Å². The summed E-state index contributed by atoms with van der Waals surface area (Å²) in [6.45, 7) is 0.186. The zero-order valence-corrected chi connectivity index (χ0v) is 12.0. The number of hydrogen-bond acceptors (Lipinski definition) is 3. The molecule has 2 aliphatic rings. The van der Waals surface area contributed by atoms with Crippen LogP contribution in [0.25, 0.3) is 0 Å². The minimum absolute atomic E-state index is 0.0600. The summed E-state index contributed by atoms with van der Waals surface area (Å²) in [4.78, 5) is 14.6. The number of rotatable bonds is 3. The van der Waals surface area contributed by atoms with Crippen molar-refractivity contribution in [3.05, 3.63) is 21.4 Å². The van der Waals surface area contributed by atoms with Crippen LogP contribution in [-0.2, 0) is 12.8 Å². The average molecular weight is 279 g/mol. The molecule has 1 aromatic heterocycles. The number of aryl methyl sites for hydroxylation is 2. The third-order valence-electron chi connectivity index (χ3n) is 4.43. The van der Waals surface area contributed by atoms with E-state index in [0.717, 1.165) is 37.0 Å². The number of fused-ring (bicyclic) bond motifs is 1. The van der Waals surface area contributed by atoms with Gasteiger partial charge in [0, 0.05) is 23.4 Å². The molecule has 1 saturated carbocycles. The molecule has 0 bridgehead atoms. The van der Waals surface area contributed by atoms with E-state index in [1.165, 1.54) is 23.3 Å². The van der Waals surface area contributed by atoms with Crippen LogP contribution in [0.4, 0.5) is 0 Å². The first kappa shape index (κ1) is 13.1. The van der Waals surface area contributed by atoms with Crippen molar-refractivity contribution >= 4 is 17.2 Å². The molecule has 2 atom stereocenters. The Bertz CT molecular complexity index is 445. The molecule has 3 nitrogen and oxygen atoms in total. The maximum atomic E-state index is 12.3. The molecular weight excluding hydrogens is 258 g/mol. The molecule has 1 amide bonds. The summed E-state index contributed by atoms with van der Waals surface area (Å²) in [6, 6.07) is 2.24. The lowest BCUT2D eigenvalue weighted by molar-refractivity contribution is 0.0920. The van der Waals surface area contributed by atoms with E-state index in [1.807, 2.05) is 0 Å². The minimum atomic E-state index is 0.0600. The van der Waals surface area contributed by atoms with Crippen molar-refractivity contribution < 1.29 is 9.90 Å². The maximum Gasteiger partial charge on any atom is 0.261 e. The van der Waals surface area contributed by atoms with Crippen molar-refractivity contribution in [1.82, 2.24) is 5.32 Å². The Hall–Kier alpha value is -0.870. The Balaban J connectivity index is 1.68. The molecule has 0 aromatic carbocycles. The molecule has 0 spiro atoms. The number of thiophene rings is 1. The molecule has 1 aromatic rings. The molecule has 1 fully saturated rings. The van der Waals surface area contributed by atoms with E-state index in [0.29, 0.717) is 0 Å². The van der Waals surface area contributed by atoms with Crippen LogP contribution >= 0.6 is 11.3 Å². The van der Waals surface area contributed by atoms with Crippen molar-refractivity contribution in [2.24, 2.45) is 5.92 Å². The number of nitrogens with one attached hydrogen (secondary N) is 1. The van der Waals surface area contributed by atoms with Crippen LogP contribution in [-0.4, -0.2) is 23.7 Å². The van der Waals surface area contributed by atoms with Gasteiger partial charge in [0.15, 0.2) is 0 Å². The van der Waals surface area contributed by atoms with Gasteiger partial charge in [-0.15, -0.1) is 11.3 Å². The Kier molecular flexibility index (Phi) is 3.89. The minimum Gasteiger partial charge on any atom is -0.396 e. The first-order valence-corrected chi connectivity index (χ1v) is 8.13. The van der Waals surface area contributed by atoms with E-state index < -0.39 is 0 Å². The van der Waals surface area contributed by atoms with Gasteiger partial charge in [0.05, 0.1) is 4.88 Å². The normalized spacial score (nSPS) is 26.2. The largest absolute Gasteiger partial charge is 0.396 e. The van der Waals surface area contributed by atoms with Crippen molar-refractivity contribution in [3.8, 4) is 0 Å². The lowest BCUT2D eigenvalue weighted by Gasteiger charge is -2.18. The van der Waals surface area contributed by atoms with Crippen molar-refractivity contribution in [3.63, 3.8) is 0 Å². The molecule has 104 valence electrons. The van der Waals surface area contributed by atoms with Crippen LogP contribution < -0.4 is 5.32 Å². The van der Waals surface area contributed by atoms with Crippen molar-refractivity contribution in [1.29, 1.82) is 0 Å². The Morgan fingerprint density at radius 1 is 1.32 bits per heavy atom. The summed E-state index contributed by atoms with van der Waals surface area (Å²) in [6.07, 6.45) is 7.91. The molecule has 1 heterocycles. The second kappa shape index (κ2) is 5.63. The predicted octanol–water partition coefficient (Wildman–Crippen LogP) is 2.52. The van der Waals surface area contributed by atoms with Gasteiger partial charge in [-0.1, -0.05) is 6.42 Å². The zero-order valence-electron chi connectivity index (χ0n) is 11.2. The quantitative estimate of drug-likeness (QED) is 0.893. The summed E-state index contributed by atoms with van der Waals surface area (Å²) in [5.74, 6) is 0.309. The highest BCUT2D eigenvalue weighted by Gasteiger charge is 2.28. The molecule has 0 radical (unpaired) electrons. The number of carbonyl (C=O) groups is 1. The van der Waals surface area contributed by atoms with Gasteiger partial charge in [-0.2, -0.15) is 0 Å². The summed E-state index contributed by atoms with van der Waals surface area (Å²) in [7, 11) is 0. The smallest absolute Gasteiger partial charge is 0.261 e. The highest BCUT2D eigenvalue weighted by Crippen LogP contribution is 2.30. The van der Waals surface area contributed by atoms with Gasteiger partial charge in [-0.25, -0.2) is 0 Å². The van der Waals surface area contributed by atoms with Crippen molar-refractivity contribution in [2.75, 3.05) is 6.61 Å². The molecule has 3 rings (SSSR count). The number of aliphatic hydroxyl groups is 1. The fraction of sp³-hybridized carbons (Fsp3) is 0.667. The van der Waals surface area contributed by atoms with E-state index in [1.54, 1.807) is 11.3 Å². The van der Waals surface area contributed by atoms with E-state index in [2.05, 4.69) is 11.4 Å².